The highest BCUT2D eigenvalue weighted by Crippen LogP contribution is 2.17. The van der Waals surface area contributed by atoms with Gasteiger partial charge in [0, 0.05) is 25.6 Å². The van der Waals surface area contributed by atoms with Crippen molar-refractivity contribution in [3.05, 3.63) is 0 Å². The third kappa shape index (κ3) is 3.95. The number of likely N-dealkylation sites (tertiary alicyclic amines) is 2. The molecule has 0 aromatic carbocycles. The summed E-state index contributed by atoms with van der Waals surface area (Å²) in [5.41, 5.74) is 0. The lowest BCUT2D eigenvalue weighted by molar-refractivity contribution is -0.142. The van der Waals surface area contributed by atoms with E-state index in [4.69, 9.17) is 0 Å². The number of hydrogen-bond donors (Lipinski definition) is 0. The summed E-state index contributed by atoms with van der Waals surface area (Å²) in [5.74, 6) is 0.304. The molecule has 0 aromatic heterocycles. The van der Waals surface area contributed by atoms with Crippen LogP contribution in [0, 0.1) is 0 Å². The van der Waals surface area contributed by atoms with Crippen LogP contribution >= 0.6 is 0 Å². The molecule has 0 aromatic rings. The lowest BCUT2D eigenvalue weighted by atomic mass is 10.0. The molecule has 2 aliphatic heterocycles. The fourth-order valence-electron chi connectivity index (χ4n) is 3.11. The summed E-state index contributed by atoms with van der Waals surface area (Å²) in [6.45, 7) is 4.03. The second-order valence-corrected chi connectivity index (χ2v) is 5.91. The van der Waals surface area contributed by atoms with Crippen molar-refractivity contribution < 1.29 is 9.59 Å². The van der Waals surface area contributed by atoms with Gasteiger partial charge in [-0.15, -0.1) is 0 Å². The SMILES string of the molecule is C[C@H]1CCCCN1C(=O)CN1CCCCCCC1=O. The van der Waals surface area contributed by atoms with Gasteiger partial charge in [0.05, 0.1) is 6.54 Å². The number of piperidine rings is 1. The highest BCUT2D eigenvalue weighted by molar-refractivity contribution is 5.85. The Bertz CT molecular complexity index is 330. The molecule has 0 spiro atoms. The molecule has 0 N–H and O–H groups in total. The molecule has 0 bridgehead atoms. The Hall–Kier alpha value is -1.06. The van der Waals surface area contributed by atoms with Crippen LogP contribution in [0.15, 0.2) is 0 Å². The second-order valence-electron chi connectivity index (χ2n) is 5.91. The van der Waals surface area contributed by atoms with Crippen LogP contribution < -0.4 is 0 Å². The van der Waals surface area contributed by atoms with Gasteiger partial charge in [-0.1, -0.05) is 12.8 Å². The van der Waals surface area contributed by atoms with Gasteiger partial charge in [0.25, 0.3) is 0 Å². The molecule has 2 saturated heterocycles. The Labute approximate surface area is 116 Å². The summed E-state index contributed by atoms with van der Waals surface area (Å²) < 4.78 is 0. The van der Waals surface area contributed by atoms with Crippen LogP contribution in [-0.2, 0) is 9.59 Å². The van der Waals surface area contributed by atoms with Gasteiger partial charge in [-0.25, -0.2) is 0 Å². The maximum absolute atomic E-state index is 12.4. The van der Waals surface area contributed by atoms with E-state index < -0.39 is 0 Å². The van der Waals surface area contributed by atoms with Gasteiger partial charge in [-0.2, -0.15) is 0 Å². The van der Waals surface area contributed by atoms with Crippen LogP contribution in [0.2, 0.25) is 0 Å². The molecule has 0 unspecified atom stereocenters. The van der Waals surface area contributed by atoms with Crippen molar-refractivity contribution in [1.82, 2.24) is 9.80 Å². The summed E-state index contributed by atoms with van der Waals surface area (Å²) in [7, 11) is 0. The van der Waals surface area contributed by atoms with Crippen LogP contribution in [0.5, 0.6) is 0 Å². The van der Waals surface area contributed by atoms with Crippen LogP contribution in [0.4, 0.5) is 0 Å². The number of nitrogens with zero attached hydrogens (tertiary/aromatic N) is 2. The van der Waals surface area contributed by atoms with E-state index in [1.54, 1.807) is 4.90 Å². The fourth-order valence-corrected chi connectivity index (χ4v) is 3.11. The highest BCUT2D eigenvalue weighted by atomic mass is 16.2. The van der Waals surface area contributed by atoms with E-state index in [9.17, 15) is 9.59 Å². The van der Waals surface area contributed by atoms with E-state index in [1.165, 1.54) is 12.8 Å². The molecule has 1 atom stereocenters. The van der Waals surface area contributed by atoms with Crippen LogP contribution in [0.3, 0.4) is 0 Å². The lowest BCUT2D eigenvalue weighted by Gasteiger charge is -2.35. The third-order valence-corrected chi connectivity index (χ3v) is 4.37. The first-order chi connectivity index (χ1) is 9.18. The molecule has 0 saturated carbocycles. The van der Waals surface area contributed by atoms with E-state index in [-0.39, 0.29) is 11.8 Å². The molecule has 2 aliphatic rings. The van der Waals surface area contributed by atoms with Gasteiger partial charge in [-0.05, 0) is 39.0 Å². The number of amides is 2. The second kappa shape index (κ2) is 6.92. The van der Waals surface area contributed by atoms with Crippen molar-refractivity contribution in [2.24, 2.45) is 0 Å². The Morgan fingerprint density at radius 2 is 1.84 bits per heavy atom. The molecule has 19 heavy (non-hydrogen) atoms. The standard InChI is InChI=1S/C15H26N2O2/c1-13-8-5-7-11-17(13)15(19)12-16-10-6-3-2-4-9-14(16)18/h13H,2-12H2,1H3/t13-/m0/s1. The van der Waals surface area contributed by atoms with Crippen LogP contribution in [-0.4, -0.2) is 47.3 Å². The minimum Gasteiger partial charge on any atom is -0.338 e. The average Bonchev–Trinajstić information content (AvgIpc) is 2.39. The van der Waals surface area contributed by atoms with E-state index in [0.29, 0.717) is 19.0 Å². The molecule has 108 valence electrons. The predicted octanol–water partition coefficient (Wildman–Crippen LogP) is 2.18. The van der Waals surface area contributed by atoms with Gasteiger partial charge in [-0.3, -0.25) is 9.59 Å². The summed E-state index contributed by atoms with van der Waals surface area (Å²) in [4.78, 5) is 28.1. The van der Waals surface area contributed by atoms with Gasteiger partial charge >= 0.3 is 0 Å². The monoisotopic (exact) mass is 266 g/mol. The number of carbonyl (C=O) groups excluding carboxylic acids is 2. The summed E-state index contributed by atoms with van der Waals surface area (Å²) >= 11 is 0. The molecule has 4 nitrogen and oxygen atoms in total. The average molecular weight is 266 g/mol. The predicted molar refractivity (Wildman–Crippen MR) is 74.7 cm³/mol. The first-order valence-corrected chi connectivity index (χ1v) is 7.76. The minimum absolute atomic E-state index is 0.140. The Morgan fingerprint density at radius 1 is 1.11 bits per heavy atom. The quantitative estimate of drug-likeness (QED) is 0.768. The molecule has 2 fully saturated rings. The van der Waals surface area contributed by atoms with Gasteiger partial charge in [0.1, 0.15) is 0 Å². The summed E-state index contributed by atoms with van der Waals surface area (Å²) in [5, 5.41) is 0. The van der Waals surface area contributed by atoms with Crippen molar-refractivity contribution in [2.75, 3.05) is 19.6 Å². The van der Waals surface area contributed by atoms with Crippen molar-refractivity contribution in [2.45, 2.75) is 64.3 Å². The van der Waals surface area contributed by atoms with E-state index in [1.807, 2.05) is 4.90 Å². The van der Waals surface area contributed by atoms with Crippen molar-refractivity contribution >= 4 is 11.8 Å². The van der Waals surface area contributed by atoms with Crippen molar-refractivity contribution in [3.63, 3.8) is 0 Å². The Kier molecular flexibility index (Phi) is 5.23. The zero-order chi connectivity index (χ0) is 13.7. The highest BCUT2D eigenvalue weighted by Gasteiger charge is 2.26. The van der Waals surface area contributed by atoms with Crippen molar-refractivity contribution in [3.8, 4) is 0 Å². The summed E-state index contributed by atoms with van der Waals surface area (Å²) in [6, 6.07) is 0.339. The molecule has 2 rings (SSSR count). The lowest BCUT2D eigenvalue weighted by Crippen LogP contribution is -2.48. The number of carbonyl (C=O) groups is 2. The van der Waals surface area contributed by atoms with Gasteiger partial charge in [0.2, 0.25) is 11.8 Å². The zero-order valence-corrected chi connectivity index (χ0v) is 12.1. The molecular formula is C15H26N2O2. The third-order valence-electron chi connectivity index (χ3n) is 4.37. The number of rotatable bonds is 2. The Balaban J connectivity index is 1.90. The zero-order valence-electron chi connectivity index (χ0n) is 12.1. The molecule has 4 heteroatoms. The summed E-state index contributed by atoms with van der Waals surface area (Å²) in [6.07, 6.45) is 8.37. The van der Waals surface area contributed by atoms with Crippen molar-refractivity contribution in [1.29, 1.82) is 0 Å². The Morgan fingerprint density at radius 3 is 2.63 bits per heavy atom. The van der Waals surface area contributed by atoms with Crippen LogP contribution in [0.25, 0.3) is 0 Å². The van der Waals surface area contributed by atoms with Gasteiger partial charge in [0.15, 0.2) is 0 Å². The van der Waals surface area contributed by atoms with Crippen LogP contribution in [0.1, 0.15) is 58.3 Å². The number of hydrogen-bond acceptors (Lipinski definition) is 2. The van der Waals surface area contributed by atoms with E-state index in [0.717, 1.165) is 45.2 Å². The maximum atomic E-state index is 12.4. The minimum atomic E-state index is 0.140. The first-order valence-electron chi connectivity index (χ1n) is 7.76. The van der Waals surface area contributed by atoms with E-state index in [2.05, 4.69) is 6.92 Å². The smallest absolute Gasteiger partial charge is 0.242 e. The molecule has 2 heterocycles. The topological polar surface area (TPSA) is 40.6 Å². The first kappa shape index (κ1) is 14.4. The van der Waals surface area contributed by atoms with Gasteiger partial charge < -0.3 is 9.80 Å². The molecular weight excluding hydrogens is 240 g/mol. The molecule has 0 aliphatic carbocycles. The molecule has 2 amide bonds. The van der Waals surface area contributed by atoms with E-state index >= 15 is 0 Å². The fraction of sp³-hybridized carbons (Fsp3) is 0.867. The maximum Gasteiger partial charge on any atom is 0.242 e. The normalized spacial score (nSPS) is 25.9. The largest absolute Gasteiger partial charge is 0.338 e. The molecule has 0 radical (unpaired) electrons.